The summed E-state index contributed by atoms with van der Waals surface area (Å²) < 4.78 is 0. The van der Waals surface area contributed by atoms with Crippen molar-refractivity contribution in [3.63, 3.8) is 0 Å². The third-order valence-corrected chi connectivity index (χ3v) is 2.24. The van der Waals surface area contributed by atoms with Crippen LogP contribution in [0.4, 0.5) is 11.4 Å². The maximum Gasteiger partial charge on any atom is 0.134 e. The zero-order valence-corrected chi connectivity index (χ0v) is 8.00. The fourth-order valence-electron chi connectivity index (χ4n) is 1.53. The predicted octanol–water partition coefficient (Wildman–Crippen LogP) is 2.79. The summed E-state index contributed by atoms with van der Waals surface area (Å²) in [6.45, 7) is 4.06. The minimum absolute atomic E-state index is 0.418. The lowest BCUT2D eigenvalue weighted by atomic mass is 10.00. The molecule has 3 heteroatoms. The van der Waals surface area contributed by atoms with Gasteiger partial charge in [-0.1, -0.05) is 19.9 Å². The Bertz CT molecular complexity index is 321. The quantitative estimate of drug-likeness (QED) is 0.571. The molecule has 0 aliphatic heterocycles. The Labute approximate surface area is 77.9 Å². The van der Waals surface area contributed by atoms with E-state index in [0.717, 1.165) is 24.0 Å². The van der Waals surface area contributed by atoms with E-state index < -0.39 is 0 Å². The molecule has 0 amide bonds. The van der Waals surface area contributed by atoms with E-state index in [9.17, 15) is 4.91 Å². The van der Waals surface area contributed by atoms with Crippen LogP contribution in [0.3, 0.4) is 0 Å². The first-order valence-corrected chi connectivity index (χ1v) is 4.48. The molecule has 1 aromatic carbocycles. The summed E-state index contributed by atoms with van der Waals surface area (Å²) in [6, 6.07) is 3.71. The molecule has 70 valence electrons. The molecule has 0 radical (unpaired) electrons. The van der Waals surface area contributed by atoms with Crippen molar-refractivity contribution in [3.8, 4) is 0 Å². The van der Waals surface area contributed by atoms with Gasteiger partial charge in [0.25, 0.3) is 0 Å². The molecule has 0 saturated heterocycles. The van der Waals surface area contributed by atoms with Gasteiger partial charge in [0.2, 0.25) is 0 Å². The Hall–Kier alpha value is -1.38. The van der Waals surface area contributed by atoms with Gasteiger partial charge in [-0.15, -0.1) is 4.91 Å². The Morgan fingerprint density at radius 2 is 2.00 bits per heavy atom. The van der Waals surface area contributed by atoms with Gasteiger partial charge < -0.3 is 5.73 Å². The highest BCUT2D eigenvalue weighted by molar-refractivity contribution is 5.68. The Balaban J connectivity index is 3.36. The van der Waals surface area contributed by atoms with Crippen molar-refractivity contribution in [1.29, 1.82) is 0 Å². The third-order valence-electron chi connectivity index (χ3n) is 2.24. The molecule has 1 rings (SSSR count). The van der Waals surface area contributed by atoms with E-state index in [-0.39, 0.29) is 0 Å². The Morgan fingerprint density at radius 3 is 2.46 bits per heavy atom. The smallest absolute Gasteiger partial charge is 0.134 e. The number of nitrogens with two attached hydrogens (primary N) is 1. The molecule has 0 atom stereocenters. The predicted molar refractivity (Wildman–Crippen MR) is 55.1 cm³/mol. The lowest BCUT2D eigenvalue weighted by Gasteiger charge is -2.08. The molecule has 2 N–H and O–H groups in total. The van der Waals surface area contributed by atoms with E-state index in [2.05, 4.69) is 12.1 Å². The highest BCUT2D eigenvalue weighted by Crippen LogP contribution is 2.30. The highest BCUT2D eigenvalue weighted by Gasteiger charge is 2.09. The Kier molecular flexibility index (Phi) is 3.01. The van der Waals surface area contributed by atoms with Gasteiger partial charge in [-0.05, 0) is 35.2 Å². The number of anilines is 1. The zero-order valence-electron chi connectivity index (χ0n) is 8.00. The molecule has 0 aliphatic carbocycles. The van der Waals surface area contributed by atoms with Crippen molar-refractivity contribution in [2.75, 3.05) is 5.73 Å². The van der Waals surface area contributed by atoms with Crippen molar-refractivity contribution >= 4 is 11.4 Å². The fourth-order valence-corrected chi connectivity index (χ4v) is 1.53. The molecule has 0 bridgehead atoms. The van der Waals surface area contributed by atoms with Gasteiger partial charge in [0.05, 0.1) is 5.69 Å². The van der Waals surface area contributed by atoms with Gasteiger partial charge in [0.15, 0.2) is 0 Å². The number of nitroso groups, excluding NO2 is 1. The van der Waals surface area contributed by atoms with Crippen LogP contribution in [0.15, 0.2) is 17.3 Å². The number of benzene rings is 1. The highest BCUT2D eigenvalue weighted by atomic mass is 16.3. The maximum atomic E-state index is 10.5. The summed E-state index contributed by atoms with van der Waals surface area (Å²) in [7, 11) is 0. The van der Waals surface area contributed by atoms with Crippen LogP contribution in [-0.4, -0.2) is 0 Å². The summed E-state index contributed by atoms with van der Waals surface area (Å²) >= 11 is 0. The summed E-state index contributed by atoms with van der Waals surface area (Å²) in [4.78, 5) is 10.5. The van der Waals surface area contributed by atoms with Crippen LogP contribution in [0.1, 0.15) is 25.0 Å². The molecule has 0 spiro atoms. The monoisotopic (exact) mass is 178 g/mol. The van der Waals surface area contributed by atoms with Crippen molar-refractivity contribution in [2.45, 2.75) is 26.7 Å². The van der Waals surface area contributed by atoms with Crippen LogP contribution < -0.4 is 5.73 Å². The van der Waals surface area contributed by atoms with Crippen molar-refractivity contribution in [2.24, 2.45) is 5.18 Å². The first-order valence-electron chi connectivity index (χ1n) is 4.48. The molecule has 0 heterocycles. The number of hydrogen-bond donors (Lipinski definition) is 1. The topological polar surface area (TPSA) is 55.4 Å². The second-order valence-electron chi connectivity index (χ2n) is 2.94. The summed E-state index contributed by atoms with van der Waals surface area (Å²) in [5.74, 6) is 0. The van der Waals surface area contributed by atoms with Crippen LogP contribution in [0.25, 0.3) is 0 Å². The van der Waals surface area contributed by atoms with Crippen molar-refractivity contribution < 1.29 is 0 Å². The minimum Gasteiger partial charge on any atom is -0.397 e. The largest absolute Gasteiger partial charge is 0.397 e. The molecule has 3 nitrogen and oxygen atoms in total. The third kappa shape index (κ3) is 1.69. The number of rotatable bonds is 3. The number of aryl methyl sites for hydroxylation is 1. The molecule has 0 fully saturated rings. The van der Waals surface area contributed by atoms with Gasteiger partial charge in [-0.2, -0.15) is 0 Å². The van der Waals surface area contributed by atoms with Gasteiger partial charge >= 0.3 is 0 Å². The average Bonchev–Trinajstić information content (AvgIpc) is 2.17. The molecule has 13 heavy (non-hydrogen) atoms. The SMILES string of the molecule is CCc1ccc(N)c(N=O)c1CC. The van der Waals surface area contributed by atoms with Crippen molar-refractivity contribution in [3.05, 3.63) is 28.2 Å². The molecule has 0 saturated carbocycles. The van der Waals surface area contributed by atoms with Crippen molar-refractivity contribution in [1.82, 2.24) is 0 Å². The van der Waals surface area contributed by atoms with E-state index in [1.54, 1.807) is 6.07 Å². The van der Waals surface area contributed by atoms with Crippen LogP contribution in [0, 0.1) is 4.91 Å². The molecular weight excluding hydrogens is 164 g/mol. The van der Waals surface area contributed by atoms with Crippen LogP contribution in [0.5, 0.6) is 0 Å². The average molecular weight is 178 g/mol. The number of nitrogen functional groups attached to an aromatic ring is 1. The second-order valence-corrected chi connectivity index (χ2v) is 2.94. The van der Waals surface area contributed by atoms with Gasteiger partial charge in [-0.3, -0.25) is 0 Å². The maximum absolute atomic E-state index is 10.5. The molecule has 0 unspecified atom stereocenters. The first kappa shape index (κ1) is 9.71. The molecule has 0 aliphatic rings. The normalized spacial score (nSPS) is 10.0. The van der Waals surface area contributed by atoms with Crippen LogP contribution in [0.2, 0.25) is 0 Å². The summed E-state index contributed by atoms with van der Waals surface area (Å²) in [5, 5.41) is 2.97. The summed E-state index contributed by atoms with van der Waals surface area (Å²) in [6.07, 6.45) is 1.71. The zero-order chi connectivity index (χ0) is 9.84. The van der Waals surface area contributed by atoms with E-state index in [4.69, 9.17) is 5.73 Å². The fraction of sp³-hybridized carbons (Fsp3) is 0.400. The Morgan fingerprint density at radius 1 is 1.31 bits per heavy atom. The van der Waals surface area contributed by atoms with Crippen LogP contribution >= 0.6 is 0 Å². The van der Waals surface area contributed by atoms with E-state index in [1.165, 1.54) is 0 Å². The lowest BCUT2D eigenvalue weighted by molar-refractivity contribution is 1.03. The van der Waals surface area contributed by atoms with Crippen LogP contribution in [-0.2, 0) is 12.8 Å². The first-order chi connectivity index (χ1) is 6.24. The van der Waals surface area contributed by atoms with Gasteiger partial charge in [0.1, 0.15) is 5.69 Å². The lowest BCUT2D eigenvalue weighted by Crippen LogP contribution is -1.95. The molecule has 0 aromatic heterocycles. The molecular formula is C10H14N2O. The second kappa shape index (κ2) is 4.03. The van der Waals surface area contributed by atoms with E-state index in [0.29, 0.717) is 11.4 Å². The number of hydrogen-bond acceptors (Lipinski definition) is 3. The van der Waals surface area contributed by atoms with E-state index in [1.807, 2.05) is 13.0 Å². The standard InChI is InChI=1S/C10H14N2O/c1-3-7-5-6-9(11)10(12-13)8(7)4-2/h5-6H,3-4,11H2,1-2H3. The molecule has 1 aromatic rings. The minimum atomic E-state index is 0.418. The summed E-state index contributed by atoms with van der Waals surface area (Å²) in [5.41, 5.74) is 8.67. The van der Waals surface area contributed by atoms with E-state index >= 15 is 0 Å². The van der Waals surface area contributed by atoms with Gasteiger partial charge in [0, 0.05) is 0 Å². The number of nitrogens with zero attached hydrogens (tertiary/aromatic N) is 1. The van der Waals surface area contributed by atoms with Gasteiger partial charge in [-0.25, -0.2) is 0 Å².